The van der Waals surface area contributed by atoms with Crippen molar-refractivity contribution in [2.45, 2.75) is 4.83 Å². The third-order valence-corrected chi connectivity index (χ3v) is 2.89. The number of nitrogens with two attached hydrogens (primary N) is 1. The monoisotopic (exact) mass is 194 g/mol. The minimum atomic E-state index is 0.528. The topological polar surface area (TPSA) is 38.4 Å². The van der Waals surface area contributed by atoms with Crippen molar-refractivity contribution in [2.75, 3.05) is 12.3 Å². The van der Waals surface area contributed by atoms with Crippen LogP contribution >= 0.6 is 27.7 Å². The largest absolute Gasteiger partial charge is 0.379 e. The average Bonchev–Trinajstić information content (AvgIpc) is 1.77. The molecule has 1 rings (SSSR count). The zero-order chi connectivity index (χ0) is 5.98. The van der Waals surface area contributed by atoms with Crippen LogP contribution in [0.2, 0.25) is 0 Å². The van der Waals surface area contributed by atoms with Gasteiger partial charge in [0.15, 0.2) is 5.17 Å². The zero-order valence-electron chi connectivity index (χ0n) is 4.30. The Morgan fingerprint density at radius 1 is 1.88 bits per heavy atom. The summed E-state index contributed by atoms with van der Waals surface area (Å²) in [7, 11) is 0. The van der Waals surface area contributed by atoms with Crippen LogP contribution in [0, 0.1) is 0 Å². The van der Waals surface area contributed by atoms with E-state index in [0.717, 1.165) is 17.5 Å². The van der Waals surface area contributed by atoms with E-state index in [2.05, 4.69) is 20.9 Å². The lowest BCUT2D eigenvalue weighted by Gasteiger charge is -2.11. The molecule has 0 saturated carbocycles. The van der Waals surface area contributed by atoms with Gasteiger partial charge < -0.3 is 5.73 Å². The number of alkyl halides is 1. The van der Waals surface area contributed by atoms with Crippen LogP contribution in [-0.2, 0) is 0 Å². The van der Waals surface area contributed by atoms with Crippen LogP contribution in [0.5, 0.6) is 0 Å². The first-order chi connectivity index (χ1) is 3.79. The lowest BCUT2D eigenvalue weighted by molar-refractivity contribution is 0.970. The van der Waals surface area contributed by atoms with E-state index in [1.54, 1.807) is 11.8 Å². The standard InChI is InChI=1S/C4H7BrN2S/c5-3-1-7-4(6)8-2-3/h3H,1-2H2,(H2,6,7)/t3-/m0/s1. The highest BCUT2D eigenvalue weighted by Crippen LogP contribution is 2.14. The highest BCUT2D eigenvalue weighted by molar-refractivity contribution is 9.09. The molecular weight excluding hydrogens is 188 g/mol. The average molecular weight is 195 g/mol. The van der Waals surface area contributed by atoms with Crippen molar-refractivity contribution in [1.29, 1.82) is 0 Å². The van der Waals surface area contributed by atoms with Gasteiger partial charge in [0, 0.05) is 10.6 Å². The minimum Gasteiger partial charge on any atom is -0.379 e. The second-order valence-corrected chi connectivity index (χ2v) is 3.92. The Bertz CT molecular complexity index is 115. The SMILES string of the molecule is NC1=NC[C@H](Br)CS1. The van der Waals surface area contributed by atoms with E-state index >= 15 is 0 Å². The van der Waals surface area contributed by atoms with Gasteiger partial charge in [-0.15, -0.1) is 0 Å². The van der Waals surface area contributed by atoms with Crippen molar-refractivity contribution in [2.24, 2.45) is 10.7 Å². The molecule has 0 aliphatic carbocycles. The van der Waals surface area contributed by atoms with Gasteiger partial charge in [-0.2, -0.15) is 0 Å². The van der Waals surface area contributed by atoms with Gasteiger partial charge >= 0.3 is 0 Å². The normalized spacial score (nSPS) is 29.6. The molecule has 0 aromatic rings. The molecule has 0 amide bonds. The molecule has 0 aromatic heterocycles. The first-order valence-electron chi connectivity index (χ1n) is 2.36. The molecule has 4 heteroatoms. The molecule has 1 heterocycles. The highest BCUT2D eigenvalue weighted by atomic mass is 79.9. The zero-order valence-corrected chi connectivity index (χ0v) is 6.70. The van der Waals surface area contributed by atoms with Crippen molar-refractivity contribution < 1.29 is 0 Å². The van der Waals surface area contributed by atoms with Gasteiger partial charge in [0.2, 0.25) is 0 Å². The number of rotatable bonds is 0. The van der Waals surface area contributed by atoms with Crippen LogP contribution in [0.1, 0.15) is 0 Å². The summed E-state index contributed by atoms with van der Waals surface area (Å²) in [6.45, 7) is 0.832. The first-order valence-corrected chi connectivity index (χ1v) is 4.26. The van der Waals surface area contributed by atoms with E-state index in [0.29, 0.717) is 4.83 Å². The molecule has 2 N–H and O–H groups in total. The van der Waals surface area contributed by atoms with Crippen molar-refractivity contribution in [3.8, 4) is 0 Å². The molecule has 1 atom stereocenters. The molecule has 0 radical (unpaired) electrons. The maximum absolute atomic E-state index is 5.39. The van der Waals surface area contributed by atoms with Gasteiger partial charge in [-0.1, -0.05) is 27.7 Å². The van der Waals surface area contributed by atoms with Gasteiger partial charge in [0.05, 0.1) is 6.54 Å². The molecular formula is C4H7BrN2S. The van der Waals surface area contributed by atoms with Crippen LogP contribution in [0.15, 0.2) is 4.99 Å². The summed E-state index contributed by atoms with van der Waals surface area (Å²) in [5.41, 5.74) is 5.39. The molecule has 46 valence electrons. The number of aliphatic imine (C=N–C) groups is 1. The number of amidine groups is 1. The third-order valence-electron chi connectivity index (χ3n) is 0.857. The summed E-state index contributed by atoms with van der Waals surface area (Å²) in [5.74, 6) is 1.05. The lowest BCUT2D eigenvalue weighted by Crippen LogP contribution is -2.20. The Morgan fingerprint density at radius 2 is 2.62 bits per heavy atom. The van der Waals surface area contributed by atoms with Gasteiger partial charge in [0.1, 0.15) is 0 Å². The van der Waals surface area contributed by atoms with Gasteiger partial charge in [-0.05, 0) is 0 Å². The van der Waals surface area contributed by atoms with Crippen LogP contribution < -0.4 is 5.73 Å². The second kappa shape index (κ2) is 2.73. The summed E-state index contributed by atoms with van der Waals surface area (Å²) in [6.07, 6.45) is 0. The number of nitrogens with zero attached hydrogens (tertiary/aromatic N) is 1. The van der Waals surface area contributed by atoms with Crippen LogP contribution in [0.4, 0.5) is 0 Å². The van der Waals surface area contributed by atoms with Crippen LogP contribution in [0.3, 0.4) is 0 Å². The molecule has 0 spiro atoms. The maximum atomic E-state index is 5.39. The molecule has 1 aliphatic rings. The summed E-state index contributed by atoms with van der Waals surface area (Å²) >= 11 is 5.04. The first kappa shape index (κ1) is 6.42. The van der Waals surface area contributed by atoms with E-state index in [1.165, 1.54) is 0 Å². The molecule has 0 saturated heterocycles. The van der Waals surface area contributed by atoms with Crippen molar-refractivity contribution in [1.82, 2.24) is 0 Å². The quantitative estimate of drug-likeness (QED) is 0.581. The molecule has 1 aliphatic heterocycles. The Hall–Kier alpha value is 0.300. The Kier molecular flexibility index (Phi) is 2.19. The molecule has 0 unspecified atom stereocenters. The van der Waals surface area contributed by atoms with Crippen LogP contribution in [0.25, 0.3) is 0 Å². The lowest BCUT2D eigenvalue weighted by atomic mass is 10.5. The molecule has 8 heavy (non-hydrogen) atoms. The number of halogens is 1. The van der Waals surface area contributed by atoms with E-state index < -0.39 is 0 Å². The van der Waals surface area contributed by atoms with Gasteiger partial charge in [-0.3, -0.25) is 4.99 Å². The Morgan fingerprint density at radius 3 is 3.00 bits per heavy atom. The molecule has 0 aromatic carbocycles. The van der Waals surface area contributed by atoms with Crippen molar-refractivity contribution >= 4 is 32.9 Å². The maximum Gasteiger partial charge on any atom is 0.153 e. The molecule has 0 fully saturated rings. The summed E-state index contributed by atoms with van der Waals surface area (Å²) < 4.78 is 0. The van der Waals surface area contributed by atoms with E-state index in [-0.39, 0.29) is 0 Å². The fourth-order valence-corrected chi connectivity index (χ4v) is 1.63. The fraction of sp³-hybridized carbons (Fsp3) is 0.750. The van der Waals surface area contributed by atoms with Crippen LogP contribution in [-0.4, -0.2) is 22.3 Å². The van der Waals surface area contributed by atoms with Gasteiger partial charge in [0.25, 0.3) is 0 Å². The van der Waals surface area contributed by atoms with E-state index in [1.807, 2.05) is 0 Å². The number of hydrogen-bond acceptors (Lipinski definition) is 3. The second-order valence-electron chi connectivity index (χ2n) is 1.59. The van der Waals surface area contributed by atoms with E-state index in [9.17, 15) is 0 Å². The van der Waals surface area contributed by atoms with Crippen molar-refractivity contribution in [3.05, 3.63) is 0 Å². The Balaban J connectivity index is 2.42. The summed E-state index contributed by atoms with van der Waals surface area (Å²) in [5, 5.41) is 0.723. The fourth-order valence-electron chi connectivity index (χ4n) is 0.463. The Labute approximate surface area is 61.1 Å². The van der Waals surface area contributed by atoms with E-state index in [4.69, 9.17) is 5.73 Å². The minimum absolute atomic E-state index is 0.528. The smallest absolute Gasteiger partial charge is 0.153 e. The molecule has 2 nitrogen and oxygen atoms in total. The highest BCUT2D eigenvalue weighted by Gasteiger charge is 2.09. The third kappa shape index (κ3) is 1.67. The summed E-state index contributed by atoms with van der Waals surface area (Å²) in [6, 6.07) is 0. The van der Waals surface area contributed by atoms with Gasteiger partial charge in [-0.25, -0.2) is 0 Å². The summed E-state index contributed by atoms with van der Waals surface area (Å²) in [4.78, 5) is 4.55. The number of thioether (sulfide) groups is 1. The predicted molar refractivity (Wildman–Crippen MR) is 41.7 cm³/mol. The molecule has 0 bridgehead atoms. The predicted octanol–water partition coefficient (Wildman–Crippen LogP) is 0.811. The van der Waals surface area contributed by atoms with Crippen molar-refractivity contribution in [3.63, 3.8) is 0 Å². The number of hydrogen-bond donors (Lipinski definition) is 1.